The van der Waals surface area contributed by atoms with Crippen LogP contribution in [-0.2, 0) is 6.42 Å². The smallest absolute Gasteiger partial charge is 0.00821 e. The van der Waals surface area contributed by atoms with Crippen molar-refractivity contribution in [3.8, 4) is 0 Å². The first-order valence-corrected chi connectivity index (χ1v) is 4.33. The summed E-state index contributed by atoms with van der Waals surface area (Å²) in [6, 6.07) is 8.59. The normalized spacial score (nSPS) is 14.9. The zero-order chi connectivity index (χ0) is 8.39. The van der Waals surface area contributed by atoms with Gasteiger partial charge < -0.3 is 0 Å². The molecule has 1 aliphatic rings. The minimum Gasteiger partial charge on any atom is -0.0871 e. The van der Waals surface area contributed by atoms with Gasteiger partial charge >= 0.3 is 0 Å². The van der Waals surface area contributed by atoms with Gasteiger partial charge in [-0.25, -0.2) is 0 Å². The molecule has 0 amide bonds. The van der Waals surface area contributed by atoms with Crippen LogP contribution in [0.1, 0.15) is 18.1 Å². The molecular weight excluding hydrogens is 144 g/mol. The Morgan fingerprint density at radius 1 is 1.25 bits per heavy atom. The number of hydrogen-bond donors (Lipinski definition) is 0. The quantitative estimate of drug-likeness (QED) is 0.585. The molecule has 12 heavy (non-hydrogen) atoms. The van der Waals surface area contributed by atoms with E-state index in [1.54, 1.807) is 0 Å². The van der Waals surface area contributed by atoms with Crippen molar-refractivity contribution in [2.45, 2.75) is 13.3 Å². The van der Waals surface area contributed by atoms with Gasteiger partial charge in [-0.1, -0.05) is 42.5 Å². The largest absolute Gasteiger partial charge is 0.0871 e. The van der Waals surface area contributed by atoms with E-state index in [1.807, 2.05) is 0 Å². The van der Waals surface area contributed by atoms with E-state index in [0.29, 0.717) is 0 Å². The molecule has 0 saturated heterocycles. The predicted octanol–water partition coefficient (Wildman–Crippen LogP) is 3.20. The van der Waals surface area contributed by atoms with Gasteiger partial charge in [0.1, 0.15) is 0 Å². The Hall–Kier alpha value is -1.30. The molecule has 0 unspecified atom stereocenters. The average molecular weight is 156 g/mol. The molecule has 0 atom stereocenters. The maximum atomic E-state index is 2.28. The fraction of sp³-hybridized carbons (Fsp3) is 0.167. The van der Waals surface area contributed by atoms with Gasteiger partial charge in [0.15, 0.2) is 0 Å². The van der Waals surface area contributed by atoms with Crippen molar-refractivity contribution < 1.29 is 0 Å². The summed E-state index contributed by atoms with van der Waals surface area (Å²) in [5.74, 6) is 0. The van der Waals surface area contributed by atoms with Crippen molar-refractivity contribution in [3.05, 3.63) is 53.6 Å². The van der Waals surface area contributed by atoms with Crippen LogP contribution >= 0.6 is 0 Å². The summed E-state index contributed by atoms with van der Waals surface area (Å²) in [5.41, 5.74) is 4.22. The maximum Gasteiger partial charge on any atom is -0.00821 e. The minimum atomic E-state index is 1.09. The number of hydrogen-bond acceptors (Lipinski definition) is 0. The van der Waals surface area contributed by atoms with E-state index in [2.05, 4.69) is 49.4 Å². The second kappa shape index (κ2) is 2.98. The molecule has 0 aromatic heterocycles. The third-order valence-electron chi connectivity index (χ3n) is 2.22. The van der Waals surface area contributed by atoms with Gasteiger partial charge in [-0.05, 0) is 30.0 Å². The summed E-state index contributed by atoms with van der Waals surface area (Å²) < 4.78 is 0. The molecule has 0 heterocycles. The lowest BCUT2D eigenvalue weighted by atomic mass is 10.1. The van der Waals surface area contributed by atoms with Crippen LogP contribution in [0.4, 0.5) is 0 Å². The highest BCUT2D eigenvalue weighted by molar-refractivity contribution is 5.79. The Kier molecular flexibility index (Phi) is 1.83. The van der Waals surface area contributed by atoms with Gasteiger partial charge in [-0.3, -0.25) is 0 Å². The zero-order valence-corrected chi connectivity index (χ0v) is 7.25. The molecule has 0 nitrogen and oxygen atoms in total. The van der Waals surface area contributed by atoms with Gasteiger partial charge in [-0.2, -0.15) is 0 Å². The molecule has 0 N–H and O–H groups in total. The lowest BCUT2D eigenvalue weighted by Gasteiger charge is -1.99. The Bertz CT molecular complexity index is 343. The van der Waals surface area contributed by atoms with E-state index >= 15 is 0 Å². The number of fused-ring (bicyclic) bond motifs is 1. The van der Waals surface area contributed by atoms with Gasteiger partial charge in [0.2, 0.25) is 0 Å². The van der Waals surface area contributed by atoms with Crippen LogP contribution in [0.3, 0.4) is 0 Å². The lowest BCUT2D eigenvalue weighted by Crippen LogP contribution is -1.80. The molecule has 0 fully saturated rings. The third-order valence-corrected chi connectivity index (χ3v) is 2.22. The van der Waals surface area contributed by atoms with Crippen molar-refractivity contribution in [1.82, 2.24) is 0 Å². The van der Waals surface area contributed by atoms with Crippen LogP contribution in [0.2, 0.25) is 0 Å². The van der Waals surface area contributed by atoms with Crippen molar-refractivity contribution >= 4 is 5.57 Å². The predicted molar refractivity (Wildman–Crippen MR) is 52.9 cm³/mol. The second-order valence-corrected chi connectivity index (χ2v) is 3.02. The highest BCUT2D eigenvalue weighted by Gasteiger charge is 2.09. The van der Waals surface area contributed by atoms with E-state index in [9.17, 15) is 0 Å². The first kappa shape index (κ1) is 7.35. The molecule has 0 radical (unpaired) electrons. The van der Waals surface area contributed by atoms with Gasteiger partial charge in [0, 0.05) is 0 Å². The van der Waals surface area contributed by atoms with E-state index < -0.39 is 0 Å². The fourth-order valence-corrected chi connectivity index (χ4v) is 1.65. The molecule has 60 valence electrons. The third kappa shape index (κ3) is 1.10. The number of benzene rings is 1. The van der Waals surface area contributed by atoms with E-state index in [4.69, 9.17) is 0 Å². The fourth-order valence-electron chi connectivity index (χ4n) is 1.65. The van der Waals surface area contributed by atoms with Crippen LogP contribution < -0.4 is 0 Å². The van der Waals surface area contributed by atoms with Crippen molar-refractivity contribution in [2.75, 3.05) is 0 Å². The van der Waals surface area contributed by atoms with Crippen LogP contribution in [0.15, 0.2) is 42.5 Å². The van der Waals surface area contributed by atoms with Gasteiger partial charge in [-0.15, -0.1) is 0 Å². The van der Waals surface area contributed by atoms with Crippen molar-refractivity contribution in [2.24, 2.45) is 0 Å². The lowest BCUT2D eigenvalue weighted by molar-refractivity contribution is 1.31. The van der Waals surface area contributed by atoms with Crippen molar-refractivity contribution in [1.29, 1.82) is 0 Å². The molecule has 0 aliphatic heterocycles. The Morgan fingerprint density at radius 2 is 2.08 bits per heavy atom. The second-order valence-electron chi connectivity index (χ2n) is 3.02. The molecule has 0 saturated carbocycles. The monoisotopic (exact) mass is 156 g/mol. The Balaban J connectivity index is 2.45. The first-order chi connectivity index (χ1) is 5.92. The highest BCUT2D eigenvalue weighted by Crippen LogP contribution is 2.27. The van der Waals surface area contributed by atoms with E-state index in [-0.39, 0.29) is 0 Å². The molecule has 0 spiro atoms. The highest BCUT2D eigenvalue weighted by atomic mass is 14.1. The summed E-state index contributed by atoms with van der Waals surface area (Å²) in [6.07, 6.45) is 7.64. The molecule has 0 heteroatoms. The molecule has 1 aliphatic carbocycles. The van der Waals surface area contributed by atoms with Crippen LogP contribution in [-0.4, -0.2) is 0 Å². The van der Waals surface area contributed by atoms with Crippen LogP contribution in [0, 0.1) is 0 Å². The molecule has 1 aromatic rings. The summed E-state index contributed by atoms with van der Waals surface area (Å²) in [6.45, 7) is 2.06. The molecule has 1 aromatic carbocycles. The minimum absolute atomic E-state index is 1.09. The zero-order valence-electron chi connectivity index (χ0n) is 7.25. The molecular formula is C12H12. The van der Waals surface area contributed by atoms with E-state index in [1.165, 1.54) is 16.7 Å². The van der Waals surface area contributed by atoms with Crippen LogP contribution in [0.5, 0.6) is 0 Å². The van der Waals surface area contributed by atoms with E-state index in [0.717, 1.165) is 6.42 Å². The summed E-state index contributed by atoms with van der Waals surface area (Å²) >= 11 is 0. The molecule has 0 bridgehead atoms. The first-order valence-electron chi connectivity index (χ1n) is 4.33. The maximum absolute atomic E-state index is 2.28. The topological polar surface area (TPSA) is 0 Å². The van der Waals surface area contributed by atoms with Crippen molar-refractivity contribution in [3.63, 3.8) is 0 Å². The van der Waals surface area contributed by atoms with Gasteiger partial charge in [0.25, 0.3) is 0 Å². The average Bonchev–Trinajstić information content (AvgIpc) is 2.50. The van der Waals surface area contributed by atoms with Crippen LogP contribution in [0.25, 0.3) is 5.57 Å². The summed E-state index contributed by atoms with van der Waals surface area (Å²) in [5, 5.41) is 0. The molecule has 2 rings (SSSR count). The number of allylic oxidation sites excluding steroid dienone is 4. The number of rotatable bonds is 1. The summed E-state index contributed by atoms with van der Waals surface area (Å²) in [7, 11) is 0. The summed E-state index contributed by atoms with van der Waals surface area (Å²) in [4.78, 5) is 0. The SMILES string of the molecule is CC=CC1=CCc2ccccc21. The van der Waals surface area contributed by atoms with Gasteiger partial charge in [0.05, 0.1) is 0 Å². The Morgan fingerprint density at radius 3 is 2.92 bits per heavy atom. The standard InChI is InChI=1S/C12H12/c1-2-5-10-8-9-11-6-3-4-7-12(10)11/h2-8H,9H2,1H3. The Labute approximate surface area is 73.2 Å².